The Labute approximate surface area is 159 Å². The first-order valence-electron chi connectivity index (χ1n) is 8.58. The molecule has 3 aromatic rings. The first-order valence-corrected chi connectivity index (χ1v) is 9.38. The van der Waals surface area contributed by atoms with Crippen LogP contribution in [0.15, 0.2) is 59.3 Å². The van der Waals surface area contributed by atoms with E-state index in [-0.39, 0.29) is 5.91 Å². The van der Waals surface area contributed by atoms with Gasteiger partial charge in [-0.3, -0.25) is 4.79 Å². The van der Waals surface area contributed by atoms with E-state index in [9.17, 15) is 4.79 Å². The standard InChI is InChI=1S/C19H18BrN5O/c20-15-5-3-14(4-6-15)19(11-1-2-12-19)18(26)22-16-7-9-17(10-8-16)25-13-21-23-24-25/h3-10,13H,1-2,11-12H2,(H,22,26). The van der Waals surface area contributed by atoms with Gasteiger partial charge in [0.05, 0.1) is 11.1 Å². The SMILES string of the molecule is O=C(Nc1ccc(-n2cnnn2)cc1)C1(c2ccc(Br)cc2)CCCC1. The second-order valence-corrected chi connectivity index (χ2v) is 7.47. The molecule has 7 heteroatoms. The number of tetrazole rings is 1. The summed E-state index contributed by atoms with van der Waals surface area (Å²) in [6.07, 6.45) is 5.43. The number of amides is 1. The van der Waals surface area contributed by atoms with Crippen LogP contribution in [0, 0.1) is 0 Å². The molecule has 0 radical (unpaired) electrons. The van der Waals surface area contributed by atoms with E-state index < -0.39 is 5.41 Å². The topological polar surface area (TPSA) is 72.7 Å². The third-order valence-corrected chi connectivity index (χ3v) is 5.56. The zero-order valence-electron chi connectivity index (χ0n) is 14.1. The Morgan fingerprint density at radius 3 is 2.35 bits per heavy atom. The molecule has 1 heterocycles. The molecule has 6 nitrogen and oxygen atoms in total. The van der Waals surface area contributed by atoms with Gasteiger partial charge < -0.3 is 5.32 Å². The maximum absolute atomic E-state index is 13.2. The Morgan fingerprint density at radius 1 is 1.04 bits per heavy atom. The van der Waals surface area contributed by atoms with E-state index >= 15 is 0 Å². The van der Waals surface area contributed by atoms with E-state index in [4.69, 9.17) is 0 Å². The molecule has 2 aromatic carbocycles. The van der Waals surface area contributed by atoms with E-state index in [0.717, 1.165) is 47.1 Å². The summed E-state index contributed by atoms with van der Waals surface area (Å²) in [5, 5.41) is 14.2. The van der Waals surface area contributed by atoms with E-state index in [0.29, 0.717) is 0 Å². The second kappa shape index (κ2) is 6.99. The van der Waals surface area contributed by atoms with Crippen LogP contribution in [0.3, 0.4) is 0 Å². The number of benzene rings is 2. The summed E-state index contributed by atoms with van der Waals surface area (Å²) < 4.78 is 2.60. The lowest BCUT2D eigenvalue weighted by Crippen LogP contribution is -2.37. The average molecular weight is 412 g/mol. The Morgan fingerprint density at radius 2 is 1.73 bits per heavy atom. The van der Waals surface area contributed by atoms with Gasteiger partial charge in [0.1, 0.15) is 6.33 Å². The van der Waals surface area contributed by atoms with E-state index in [1.165, 1.54) is 6.33 Å². The Bertz CT molecular complexity index is 885. The van der Waals surface area contributed by atoms with Crippen molar-refractivity contribution in [3.05, 3.63) is 64.9 Å². The molecule has 1 aliphatic rings. The van der Waals surface area contributed by atoms with Crippen LogP contribution >= 0.6 is 15.9 Å². The van der Waals surface area contributed by atoms with E-state index in [2.05, 4.69) is 48.9 Å². The third-order valence-electron chi connectivity index (χ3n) is 5.03. The summed E-state index contributed by atoms with van der Waals surface area (Å²) in [7, 11) is 0. The molecule has 0 bridgehead atoms. The van der Waals surface area contributed by atoms with Gasteiger partial charge in [0, 0.05) is 10.2 Å². The fourth-order valence-electron chi connectivity index (χ4n) is 3.62. The molecule has 1 amide bonds. The minimum Gasteiger partial charge on any atom is -0.325 e. The molecule has 1 fully saturated rings. The Hall–Kier alpha value is -2.54. The minimum absolute atomic E-state index is 0.0625. The first kappa shape index (κ1) is 16.9. The van der Waals surface area contributed by atoms with E-state index in [1.807, 2.05) is 36.4 Å². The van der Waals surface area contributed by atoms with Gasteiger partial charge in [0.15, 0.2) is 0 Å². The summed E-state index contributed by atoms with van der Waals surface area (Å²) in [4.78, 5) is 13.2. The smallest absolute Gasteiger partial charge is 0.235 e. The largest absolute Gasteiger partial charge is 0.325 e. The number of rotatable bonds is 4. The van der Waals surface area contributed by atoms with Crippen molar-refractivity contribution >= 4 is 27.5 Å². The highest BCUT2D eigenvalue weighted by Gasteiger charge is 2.42. The molecular weight excluding hydrogens is 394 g/mol. The van der Waals surface area contributed by atoms with Crippen molar-refractivity contribution < 1.29 is 4.79 Å². The molecule has 26 heavy (non-hydrogen) atoms. The lowest BCUT2D eigenvalue weighted by Gasteiger charge is -2.28. The predicted molar refractivity (Wildman–Crippen MR) is 102 cm³/mol. The first-order chi connectivity index (χ1) is 12.7. The van der Waals surface area contributed by atoms with Crippen molar-refractivity contribution in [1.29, 1.82) is 0 Å². The summed E-state index contributed by atoms with van der Waals surface area (Å²) >= 11 is 3.47. The summed E-state index contributed by atoms with van der Waals surface area (Å²) in [6, 6.07) is 15.6. The van der Waals surface area contributed by atoms with Gasteiger partial charge in [-0.15, -0.1) is 5.10 Å². The quantitative estimate of drug-likeness (QED) is 0.706. The molecule has 1 N–H and O–H groups in total. The Balaban J connectivity index is 1.56. The van der Waals surface area contributed by atoms with Crippen LogP contribution < -0.4 is 5.32 Å². The number of anilines is 1. The molecule has 1 saturated carbocycles. The monoisotopic (exact) mass is 411 g/mol. The van der Waals surface area contributed by atoms with Gasteiger partial charge in [-0.25, -0.2) is 4.68 Å². The fourth-order valence-corrected chi connectivity index (χ4v) is 3.89. The van der Waals surface area contributed by atoms with E-state index in [1.54, 1.807) is 4.68 Å². The number of halogens is 1. The zero-order valence-corrected chi connectivity index (χ0v) is 15.7. The van der Waals surface area contributed by atoms with Crippen molar-refractivity contribution in [2.24, 2.45) is 0 Å². The van der Waals surface area contributed by atoms with Crippen molar-refractivity contribution in [3.63, 3.8) is 0 Å². The van der Waals surface area contributed by atoms with Crippen molar-refractivity contribution in [2.75, 3.05) is 5.32 Å². The molecular formula is C19H18BrN5O. The maximum Gasteiger partial charge on any atom is 0.235 e. The molecule has 132 valence electrons. The molecule has 0 aliphatic heterocycles. The molecule has 0 spiro atoms. The normalized spacial score (nSPS) is 15.7. The number of carbonyl (C=O) groups is 1. The van der Waals surface area contributed by atoms with Crippen LogP contribution in [-0.4, -0.2) is 26.1 Å². The minimum atomic E-state index is -0.449. The number of nitrogens with one attached hydrogen (secondary N) is 1. The fraction of sp³-hybridized carbons (Fsp3) is 0.263. The molecule has 0 saturated heterocycles. The lowest BCUT2D eigenvalue weighted by atomic mass is 9.78. The second-order valence-electron chi connectivity index (χ2n) is 6.55. The Kier molecular flexibility index (Phi) is 4.55. The number of carbonyl (C=O) groups excluding carboxylic acids is 1. The zero-order chi connectivity index (χ0) is 18.0. The highest BCUT2D eigenvalue weighted by molar-refractivity contribution is 9.10. The molecule has 1 aliphatic carbocycles. The van der Waals surface area contributed by atoms with Crippen LogP contribution in [0.25, 0.3) is 5.69 Å². The average Bonchev–Trinajstić information content (AvgIpc) is 3.36. The van der Waals surface area contributed by atoms with Crippen LogP contribution in [0.5, 0.6) is 0 Å². The highest BCUT2D eigenvalue weighted by Crippen LogP contribution is 2.42. The van der Waals surface area contributed by atoms with Gasteiger partial charge in [-0.1, -0.05) is 40.9 Å². The van der Waals surface area contributed by atoms with Crippen LogP contribution in [0.2, 0.25) is 0 Å². The lowest BCUT2D eigenvalue weighted by molar-refractivity contribution is -0.121. The van der Waals surface area contributed by atoms with Crippen molar-refractivity contribution in [2.45, 2.75) is 31.1 Å². The van der Waals surface area contributed by atoms with Gasteiger partial charge in [-0.05, 0) is 65.2 Å². The van der Waals surface area contributed by atoms with Crippen molar-refractivity contribution in [1.82, 2.24) is 20.2 Å². The molecule has 0 unspecified atom stereocenters. The highest BCUT2D eigenvalue weighted by atomic mass is 79.9. The third kappa shape index (κ3) is 3.14. The summed E-state index contributed by atoms with van der Waals surface area (Å²) in [6.45, 7) is 0. The summed E-state index contributed by atoms with van der Waals surface area (Å²) in [5.74, 6) is 0.0625. The van der Waals surface area contributed by atoms with Gasteiger partial charge >= 0.3 is 0 Å². The van der Waals surface area contributed by atoms with Crippen LogP contribution in [0.1, 0.15) is 31.2 Å². The number of hydrogen-bond donors (Lipinski definition) is 1. The number of aromatic nitrogens is 4. The summed E-state index contributed by atoms with van der Waals surface area (Å²) in [5.41, 5.74) is 2.25. The number of nitrogens with zero attached hydrogens (tertiary/aromatic N) is 4. The molecule has 0 atom stereocenters. The molecule has 1 aromatic heterocycles. The number of hydrogen-bond acceptors (Lipinski definition) is 4. The van der Waals surface area contributed by atoms with Crippen molar-refractivity contribution in [3.8, 4) is 5.69 Å². The van der Waals surface area contributed by atoms with Crippen LogP contribution in [0.4, 0.5) is 5.69 Å². The van der Waals surface area contributed by atoms with Gasteiger partial charge in [-0.2, -0.15) is 0 Å². The van der Waals surface area contributed by atoms with Crippen LogP contribution in [-0.2, 0) is 10.2 Å². The van der Waals surface area contributed by atoms with Gasteiger partial charge in [0.25, 0.3) is 0 Å². The maximum atomic E-state index is 13.2. The predicted octanol–water partition coefficient (Wildman–Crippen LogP) is 3.88. The molecule has 4 rings (SSSR count). The van der Waals surface area contributed by atoms with Gasteiger partial charge in [0.2, 0.25) is 5.91 Å².